The van der Waals surface area contributed by atoms with E-state index in [0.29, 0.717) is 30.7 Å². The molecule has 0 amide bonds. The van der Waals surface area contributed by atoms with Gasteiger partial charge in [-0.1, -0.05) is 18.2 Å². The highest BCUT2D eigenvalue weighted by molar-refractivity contribution is 5.93. The smallest absolute Gasteiger partial charge is 0.266 e. The van der Waals surface area contributed by atoms with E-state index in [1.165, 1.54) is 18.3 Å². The molecule has 1 aliphatic heterocycles. The standard InChI is InChI=1S/C21H20F4N4/c1-12(15-3-2-4-16(20(15)23)21(24)25)27-19-10-26-28-18-6-5-14(9-17(18)19)29-8-7-13(22)11-29/h2-6,9-10,12-13,21H,7-8,11H2,1H3,(H,27,28)/t12-,13+/m1/s1. The predicted octanol–water partition coefficient (Wildman–Crippen LogP) is 5.43. The lowest BCUT2D eigenvalue weighted by molar-refractivity contribution is 0.146. The maximum atomic E-state index is 14.5. The maximum Gasteiger partial charge on any atom is 0.266 e. The molecule has 152 valence electrons. The van der Waals surface area contributed by atoms with Crippen molar-refractivity contribution in [2.24, 2.45) is 0 Å². The second kappa shape index (κ2) is 7.85. The minimum absolute atomic E-state index is 0.142. The second-order valence-electron chi connectivity index (χ2n) is 7.21. The van der Waals surface area contributed by atoms with Gasteiger partial charge in [-0.3, -0.25) is 0 Å². The second-order valence-corrected chi connectivity index (χ2v) is 7.21. The molecule has 0 radical (unpaired) electrons. The van der Waals surface area contributed by atoms with Gasteiger partial charge in [0.25, 0.3) is 6.43 Å². The number of aromatic nitrogens is 2. The number of benzene rings is 2. The maximum absolute atomic E-state index is 14.5. The molecule has 8 heteroatoms. The highest BCUT2D eigenvalue weighted by atomic mass is 19.3. The average Bonchev–Trinajstić information content (AvgIpc) is 3.14. The highest BCUT2D eigenvalue weighted by Gasteiger charge is 2.23. The lowest BCUT2D eigenvalue weighted by Crippen LogP contribution is -2.19. The van der Waals surface area contributed by atoms with E-state index in [2.05, 4.69) is 15.5 Å². The summed E-state index contributed by atoms with van der Waals surface area (Å²) in [5.41, 5.74) is 1.62. The summed E-state index contributed by atoms with van der Waals surface area (Å²) in [4.78, 5) is 1.96. The Hall–Kier alpha value is -2.90. The van der Waals surface area contributed by atoms with E-state index in [0.717, 1.165) is 17.1 Å². The van der Waals surface area contributed by atoms with Crippen LogP contribution < -0.4 is 10.2 Å². The summed E-state index contributed by atoms with van der Waals surface area (Å²) in [6.07, 6.45) is -1.72. The lowest BCUT2D eigenvalue weighted by Gasteiger charge is -2.20. The molecule has 1 aromatic heterocycles. The molecule has 2 aromatic carbocycles. The van der Waals surface area contributed by atoms with Crippen LogP contribution in [0.25, 0.3) is 10.9 Å². The molecule has 0 saturated carbocycles. The van der Waals surface area contributed by atoms with E-state index < -0.39 is 30.0 Å². The number of anilines is 2. The minimum atomic E-state index is -2.88. The largest absolute Gasteiger partial charge is 0.377 e. The van der Waals surface area contributed by atoms with Gasteiger partial charge in [-0.15, -0.1) is 0 Å². The van der Waals surface area contributed by atoms with Crippen LogP contribution >= 0.6 is 0 Å². The van der Waals surface area contributed by atoms with E-state index in [1.807, 2.05) is 17.0 Å². The molecule has 0 bridgehead atoms. The molecule has 0 unspecified atom stereocenters. The summed E-state index contributed by atoms with van der Waals surface area (Å²) in [6.45, 7) is 2.67. The fourth-order valence-electron chi connectivity index (χ4n) is 3.69. The Morgan fingerprint density at radius 1 is 1.17 bits per heavy atom. The van der Waals surface area contributed by atoms with Gasteiger partial charge in [0.1, 0.15) is 12.0 Å². The van der Waals surface area contributed by atoms with Crippen LogP contribution in [0.3, 0.4) is 0 Å². The molecule has 1 fully saturated rings. The first-order valence-corrected chi connectivity index (χ1v) is 9.41. The quantitative estimate of drug-likeness (QED) is 0.576. The number of nitrogens with zero attached hydrogens (tertiary/aromatic N) is 3. The van der Waals surface area contributed by atoms with Crippen molar-refractivity contribution < 1.29 is 17.6 Å². The molecule has 1 aliphatic rings. The number of alkyl halides is 3. The number of nitrogens with one attached hydrogen (secondary N) is 1. The fraction of sp³-hybridized carbons (Fsp3) is 0.333. The molecular weight excluding hydrogens is 384 g/mol. The molecule has 4 rings (SSSR count). The first kappa shape index (κ1) is 19.4. The zero-order chi connectivity index (χ0) is 20.5. The topological polar surface area (TPSA) is 41.1 Å². The number of hydrogen-bond donors (Lipinski definition) is 1. The summed E-state index contributed by atoms with van der Waals surface area (Å²) < 4.78 is 54.1. The van der Waals surface area contributed by atoms with Crippen LogP contribution in [0, 0.1) is 5.82 Å². The van der Waals surface area contributed by atoms with E-state index in [-0.39, 0.29) is 5.56 Å². The summed E-state index contributed by atoms with van der Waals surface area (Å²) in [7, 11) is 0. The molecule has 0 spiro atoms. The fourth-order valence-corrected chi connectivity index (χ4v) is 3.69. The molecular formula is C21H20F4N4. The molecule has 1 N–H and O–H groups in total. The van der Waals surface area contributed by atoms with Gasteiger partial charge in [-0.2, -0.15) is 10.2 Å². The summed E-state index contributed by atoms with van der Waals surface area (Å²) in [6, 6.07) is 8.97. The SMILES string of the molecule is C[C@@H](Nc1cnnc2ccc(N3CC[C@H](F)C3)cc12)c1cccc(C(F)F)c1F. The Morgan fingerprint density at radius 3 is 2.69 bits per heavy atom. The van der Waals surface area contributed by atoms with Crippen molar-refractivity contribution in [3.05, 3.63) is 59.5 Å². The third-order valence-electron chi connectivity index (χ3n) is 5.25. The zero-order valence-corrected chi connectivity index (χ0v) is 15.7. The van der Waals surface area contributed by atoms with Crippen LogP contribution in [-0.2, 0) is 0 Å². The molecule has 2 heterocycles. The van der Waals surface area contributed by atoms with Crippen LogP contribution in [0.5, 0.6) is 0 Å². The van der Waals surface area contributed by atoms with Crippen LogP contribution in [0.15, 0.2) is 42.6 Å². The van der Waals surface area contributed by atoms with Gasteiger partial charge in [-0.25, -0.2) is 17.6 Å². The van der Waals surface area contributed by atoms with Crippen molar-refractivity contribution in [2.75, 3.05) is 23.3 Å². The van der Waals surface area contributed by atoms with Gasteiger partial charge in [0.2, 0.25) is 0 Å². The van der Waals surface area contributed by atoms with Crippen LogP contribution in [-0.4, -0.2) is 29.5 Å². The third-order valence-corrected chi connectivity index (χ3v) is 5.25. The highest BCUT2D eigenvalue weighted by Crippen LogP contribution is 2.32. The summed E-state index contributed by atoms with van der Waals surface area (Å²) >= 11 is 0. The Bertz CT molecular complexity index is 1030. The minimum Gasteiger partial charge on any atom is -0.377 e. The Morgan fingerprint density at radius 2 is 1.97 bits per heavy atom. The average molecular weight is 404 g/mol. The zero-order valence-electron chi connectivity index (χ0n) is 15.7. The normalized spacial score (nSPS) is 17.9. The van der Waals surface area contributed by atoms with Gasteiger partial charge in [0, 0.05) is 29.7 Å². The first-order chi connectivity index (χ1) is 13.9. The monoisotopic (exact) mass is 404 g/mol. The van der Waals surface area contributed by atoms with Gasteiger partial charge < -0.3 is 10.2 Å². The van der Waals surface area contributed by atoms with Crippen molar-refractivity contribution in [1.82, 2.24) is 10.2 Å². The summed E-state index contributed by atoms with van der Waals surface area (Å²) in [5.74, 6) is -0.916. The van der Waals surface area contributed by atoms with Gasteiger partial charge in [0.05, 0.1) is 29.0 Å². The van der Waals surface area contributed by atoms with E-state index in [9.17, 15) is 17.6 Å². The van der Waals surface area contributed by atoms with E-state index >= 15 is 0 Å². The van der Waals surface area contributed by atoms with Gasteiger partial charge in [0.15, 0.2) is 0 Å². The first-order valence-electron chi connectivity index (χ1n) is 9.41. The molecule has 29 heavy (non-hydrogen) atoms. The van der Waals surface area contributed by atoms with Crippen LogP contribution in [0.2, 0.25) is 0 Å². The van der Waals surface area contributed by atoms with Crippen molar-refractivity contribution in [3.63, 3.8) is 0 Å². The molecule has 3 aromatic rings. The lowest BCUT2D eigenvalue weighted by atomic mass is 10.0. The van der Waals surface area contributed by atoms with Crippen molar-refractivity contribution in [2.45, 2.75) is 32.0 Å². The van der Waals surface area contributed by atoms with Crippen LogP contribution in [0.1, 0.15) is 36.9 Å². The van der Waals surface area contributed by atoms with E-state index in [1.54, 1.807) is 13.0 Å². The number of hydrogen-bond acceptors (Lipinski definition) is 4. The molecule has 4 nitrogen and oxygen atoms in total. The van der Waals surface area contributed by atoms with E-state index in [4.69, 9.17) is 0 Å². The summed E-state index contributed by atoms with van der Waals surface area (Å²) in [5, 5.41) is 12.0. The van der Waals surface area contributed by atoms with Gasteiger partial charge in [-0.05, 0) is 31.5 Å². The van der Waals surface area contributed by atoms with Crippen molar-refractivity contribution in [3.8, 4) is 0 Å². The Balaban J connectivity index is 1.66. The van der Waals surface area contributed by atoms with Gasteiger partial charge >= 0.3 is 0 Å². The Labute approximate surface area is 165 Å². The molecule has 0 aliphatic carbocycles. The molecule has 2 atom stereocenters. The van der Waals surface area contributed by atoms with Crippen LogP contribution in [0.4, 0.5) is 28.9 Å². The van der Waals surface area contributed by atoms with Crippen molar-refractivity contribution >= 4 is 22.3 Å². The predicted molar refractivity (Wildman–Crippen MR) is 105 cm³/mol. The Kier molecular flexibility index (Phi) is 5.25. The van der Waals surface area contributed by atoms with Crippen molar-refractivity contribution in [1.29, 1.82) is 0 Å². The number of rotatable bonds is 5. The molecule has 1 saturated heterocycles. The third kappa shape index (κ3) is 3.83. The number of halogens is 4. The number of fused-ring (bicyclic) bond motifs is 1.